The maximum atomic E-state index is 13.5. The molecule has 0 amide bonds. The molecular weight excluding hydrogens is 374 g/mol. The highest BCUT2D eigenvalue weighted by Gasteiger charge is 2.29. The van der Waals surface area contributed by atoms with Crippen LogP contribution in [-0.4, -0.2) is 5.78 Å². The minimum Gasteiger partial charge on any atom is -0.390 e. The Morgan fingerprint density at radius 1 is 0.966 bits per heavy atom. The first-order valence-electron chi connectivity index (χ1n) is 10.2. The summed E-state index contributed by atoms with van der Waals surface area (Å²) in [5.41, 5.74) is 10.5. The molecule has 0 radical (unpaired) electrons. The number of nitrogens with two attached hydrogens (primary N) is 1. The molecule has 1 aromatic heterocycles. The largest absolute Gasteiger partial charge is 0.390 e. The normalized spacial score (nSPS) is 15.9. The van der Waals surface area contributed by atoms with Crippen LogP contribution in [-0.2, 0) is 19.3 Å². The summed E-state index contributed by atoms with van der Waals surface area (Å²) in [5.74, 6) is 0.682. The number of anilines is 1. The first kappa shape index (κ1) is 18.1. The van der Waals surface area contributed by atoms with Crippen LogP contribution in [0.15, 0.2) is 72.8 Å². The van der Waals surface area contributed by atoms with Crippen molar-refractivity contribution in [3.63, 3.8) is 0 Å². The third kappa shape index (κ3) is 3.36. The zero-order valence-corrected chi connectivity index (χ0v) is 17.0. The van der Waals surface area contributed by atoms with E-state index in [0.717, 1.165) is 47.6 Å². The Bertz CT molecular complexity index is 1190. The summed E-state index contributed by atoms with van der Waals surface area (Å²) in [5, 5.41) is 2.76. The number of thiophene rings is 1. The van der Waals surface area contributed by atoms with Crippen molar-refractivity contribution in [3.05, 3.63) is 99.9 Å². The number of nitrogen functional groups attached to an aromatic ring is 1. The smallest absolute Gasteiger partial charge is 0.196 e. The van der Waals surface area contributed by atoms with E-state index in [1.54, 1.807) is 11.3 Å². The quantitative estimate of drug-likeness (QED) is 0.425. The Kier molecular flexibility index (Phi) is 4.69. The van der Waals surface area contributed by atoms with Crippen LogP contribution < -0.4 is 5.73 Å². The second-order valence-corrected chi connectivity index (χ2v) is 9.03. The molecule has 4 aromatic rings. The van der Waals surface area contributed by atoms with Crippen LogP contribution in [0.25, 0.3) is 10.8 Å². The molecule has 0 saturated heterocycles. The highest BCUT2D eigenvalue weighted by Crippen LogP contribution is 2.40. The van der Waals surface area contributed by atoms with E-state index in [2.05, 4.69) is 30.3 Å². The lowest BCUT2D eigenvalue weighted by Crippen LogP contribution is -2.17. The molecule has 0 bridgehead atoms. The number of hydrogen-bond acceptors (Lipinski definition) is 3. The van der Waals surface area contributed by atoms with E-state index in [1.807, 2.05) is 42.5 Å². The molecule has 1 unspecified atom stereocenters. The zero-order chi connectivity index (χ0) is 19.8. The zero-order valence-electron chi connectivity index (χ0n) is 16.2. The fraction of sp³-hybridized carbons (Fsp3) is 0.192. The molecule has 2 nitrogen and oxygen atoms in total. The Morgan fingerprint density at radius 3 is 2.59 bits per heavy atom. The summed E-state index contributed by atoms with van der Waals surface area (Å²) >= 11 is 1.62. The molecule has 1 aliphatic carbocycles. The van der Waals surface area contributed by atoms with E-state index < -0.39 is 0 Å². The second-order valence-electron chi connectivity index (χ2n) is 7.90. The van der Waals surface area contributed by atoms with Crippen LogP contribution >= 0.6 is 11.3 Å². The topological polar surface area (TPSA) is 43.1 Å². The van der Waals surface area contributed by atoms with E-state index in [-0.39, 0.29) is 5.78 Å². The van der Waals surface area contributed by atoms with Crippen LogP contribution in [0.4, 0.5) is 5.00 Å². The highest BCUT2D eigenvalue weighted by atomic mass is 32.1. The lowest BCUT2D eigenvalue weighted by atomic mass is 9.82. The maximum Gasteiger partial charge on any atom is 0.196 e. The lowest BCUT2D eigenvalue weighted by Gasteiger charge is -2.23. The SMILES string of the molecule is Nc1sc2c(c1C(=O)c1cccc3ccccc13)CCC(Cc1ccccc1)C2. The third-order valence-electron chi connectivity index (χ3n) is 6.02. The Labute approximate surface area is 175 Å². The van der Waals surface area contributed by atoms with Crippen molar-refractivity contribution in [2.75, 3.05) is 5.73 Å². The van der Waals surface area contributed by atoms with Gasteiger partial charge in [0, 0.05) is 10.4 Å². The van der Waals surface area contributed by atoms with Crippen molar-refractivity contribution < 1.29 is 4.79 Å². The first-order chi connectivity index (χ1) is 14.2. The van der Waals surface area contributed by atoms with Crippen LogP contribution in [0.5, 0.6) is 0 Å². The number of rotatable bonds is 4. The van der Waals surface area contributed by atoms with Gasteiger partial charge in [0.1, 0.15) is 0 Å². The van der Waals surface area contributed by atoms with Crippen molar-refractivity contribution in [3.8, 4) is 0 Å². The van der Waals surface area contributed by atoms with Gasteiger partial charge < -0.3 is 5.73 Å². The fourth-order valence-corrected chi connectivity index (χ4v) is 5.83. The maximum absolute atomic E-state index is 13.5. The standard InChI is InChI=1S/C26H23NOS/c27-26-24(25(28)21-12-6-10-19-9-4-5-11-20(19)21)22-14-13-18(16-23(22)29-26)15-17-7-2-1-3-8-17/h1-12,18H,13-16,27H2. The first-order valence-corrected chi connectivity index (χ1v) is 11.0. The molecule has 1 heterocycles. The van der Waals surface area contributed by atoms with E-state index in [9.17, 15) is 4.79 Å². The van der Waals surface area contributed by atoms with Gasteiger partial charge in [-0.15, -0.1) is 11.3 Å². The molecule has 1 aliphatic rings. The van der Waals surface area contributed by atoms with Crippen molar-refractivity contribution in [2.45, 2.75) is 25.7 Å². The van der Waals surface area contributed by atoms with Gasteiger partial charge in [0.15, 0.2) is 5.78 Å². The summed E-state index contributed by atoms with van der Waals surface area (Å²) in [7, 11) is 0. The van der Waals surface area contributed by atoms with Crippen LogP contribution in [0.2, 0.25) is 0 Å². The number of ketones is 1. The summed E-state index contributed by atoms with van der Waals surface area (Å²) in [6.45, 7) is 0. The fourth-order valence-electron chi connectivity index (χ4n) is 4.60. The van der Waals surface area contributed by atoms with Gasteiger partial charge in [0.2, 0.25) is 0 Å². The van der Waals surface area contributed by atoms with E-state index in [4.69, 9.17) is 5.73 Å². The molecule has 0 spiro atoms. The Morgan fingerprint density at radius 2 is 1.72 bits per heavy atom. The highest BCUT2D eigenvalue weighted by molar-refractivity contribution is 7.16. The summed E-state index contributed by atoms with van der Waals surface area (Å²) in [6.07, 6.45) is 4.15. The van der Waals surface area contributed by atoms with Crippen molar-refractivity contribution in [1.29, 1.82) is 0 Å². The van der Waals surface area contributed by atoms with Gasteiger partial charge in [-0.1, -0.05) is 72.8 Å². The third-order valence-corrected chi connectivity index (χ3v) is 7.11. The molecule has 1 atom stereocenters. The molecule has 0 aliphatic heterocycles. The van der Waals surface area contributed by atoms with Gasteiger partial charge in [-0.2, -0.15) is 0 Å². The van der Waals surface area contributed by atoms with Gasteiger partial charge in [-0.05, 0) is 53.5 Å². The van der Waals surface area contributed by atoms with E-state index >= 15 is 0 Å². The number of carbonyl (C=O) groups excluding carboxylic acids is 1. The van der Waals surface area contributed by atoms with Crippen LogP contribution in [0.3, 0.4) is 0 Å². The molecule has 3 heteroatoms. The average Bonchev–Trinajstić information content (AvgIpc) is 3.08. The molecule has 0 fully saturated rings. The Balaban J connectivity index is 1.47. The molecule has 2 N–H and O–H groups in total. The lowest BCUT2D eigenvalue weighted by molar-refractivity contribution is 0.104. The molecule has 144 valence electrons. The van der Waals surface area contributed by atoms with Gasteiger partial charge in [-0.25, -0.2) is 0 Å². The predicted octanol–water partition coefficient (Wildman–Crippen LogP) is 6.06. The number of carbonyl (C=O) groups is 1. The number of benzene rings is 3. The Hall–Kier alpha value is -2.91. The molecule has 29 heavy (non-hydrogen) atoms. The number of fused-ring (bicyclic) bond motifs is 2. The minimum atomic E-state index is 0.0679. The monoisotopic (exact) mass is 397 g/mol. The van der Waals surface area contributed by atoms with Crippen molar-refractivity contribution in [2.24, 2.45) is 5.92 Å². The van der Waals surface area contributed by atoms with Crippen LogP contribution in [0.1, 0.15) is 38.3 Å². The molecule has 0 saturated carbocycles. The van der Waals surface area contributed by atoms with Crippen molar-refractivity contribution >= 4 is 32.9 Å². The van der Waals surface area contributed by atoms with Gasteiger partial charge in [-0.3, -0.25) is 4.79 Å². The average molecular weight is 398 g/mol. The van der Waals surface area contributed by atoms with Gasteiger partial charge in [0.05, 0.1) is 10.6 Å². The van der Waals surface area contributed by atoms with Gasteiger partial charge in [0.25, 0.3) is 0 Å². The van der Waals surface area contributed by atoms with Crippen molar-refractivity contribution in [1.82, 2.24) is 0 Å². The molecular formula is C26H23NOS. The summed E-state index contributed by atoms with van der Waals surface area (Å²) in [6, 6.07) is 24.7. The predicted molar refractivity (Wildman–Crippen MR) is 122 cm³/mol. The molecule has 3 aromatic carbocycles. The van der Waals surface area contributed by atoms with Crippen LogP contribution in [0, 0.1) is 5.92 Å². The minimum absolute atomic E-state index is 0.0679. The van der Waals surface area contributed by atoms with E-state index in [1.165, 1.54) is 16.0 Å². The van der Waals surface area contributed by atoms with Gasteiger partial charge >= 0.3 is 0 Å². The van der Waals surface area contributed by atoms with E-state index in [0.29, 0.717) is 10.9 Å². The number of hydrogen-bond donors (Lipinski definition) is 1. The molecule has 5 rings (SSSR count). The summed E-state index contributed by atoms with van der Waals surface area (Å²) < 4.78 is 0. The second kappa shape index (κ2) is 7.49. The summed E-state index contributed by atoms with van der Waals surface area (Å²) in [4.78, 5) is 14.8.